The van der Waals surface area contributed by atoms with E-state index in [1.165, 1.54) is 13.2 Å². The number of hydrogen-bond donors (Lipinski definition) is 2. The fraction of sp³-hybridized carbons (Fsp3) is 0.188. The summed E-state index contributed by atoms with van der Waals surface area (Å²) in [6.07, 6.45) is 0. The summed E-state index contributed by atoms with van der Waals surface area (Å²) in [5.41, 5.74) is 4.92. The van der Waals surface area contributed by atoms with Crippen LogP contribution in [0.2, 0.25) is 10.0 Å². The van der Waals surface area contributed by atoms with Crippen LogP contribution in [0.25, 0.3) is 0 Å². The Morgan fingerprint density at radius 2 is 1.83 bits per heavy atom. The fourth-order valence-corrected chi connectivity index (χ4v) is 2.99. The third-order valence-corrected chi connectivity index (χ3v) is 4.52. The average molecular weight is 358 g/mol. The molecule has 23 heavy (non-hydrogen) atoms. The van der Waals surface area contributed by atoms with Gasteiger partial charge in [-0.2, -0.15) is 0 Å². The van der Waals surface area contributed by atoms with Crippen molar-refractivity contribution in [3.63, 3.8) is 0 Å². The molecule has 0 saturated carbocycles. The smallest absolute Gasteiger partial charge is 0.324 e. The number of carboxylic acid groups (broad SMARTS) is 1. The van der Waals surface area contributed by atoms with E-state index >= 15 is 0 Å². The largest absolute Gasteiger partial charge is 0.480 e. The Morgan fingerprint density at radius 1 is 1.22 bits per heavy atom. The van der Waals surface area contributed by atoms with Gasteiger partial charge in [-0.3, -0.25) is 4.79 Å². The zero-order valence-corrected chi connectivity index (χ0v) is 13.6. The van der Waals surface area contributed by atoms with Gasteiger partial charge in [0.15, 0.2) is 0 Å². The van der Waals surface area contributed by atoms with E-state index in [2.05, 4.69) is 0 Å². The van der Waals surface area contributed by atoms with Gasteiger partial charge in [0.1, 0.15) is 17.5 Å². The van der Waals surface area contributed by atoms with Gasteiger partial charge in [0, 0.05) is 12.7 Å². The van der Waals surface area contributed by atoms with E-state index in [4.69, 9.17) is 33.7 Å². The predicted octanol–water partition coefficient (Wildman–Crippen LogP) is 3.43. The van der Waals surface area contributed by atoms with E-state index in [0.717, 1.165) is 6.07 Å². The van der Waals surface area contributed by atoms with Gasteiger partial charge in [-0.15, -0.1) is 0 Å². The van der Waals surface area contributed by atoms with Gasteiger partial charge in [0.25, 0.3) is 0 Å². The summed E-state index contributed by atoms with van der Waals surface area (Å²) >= 11 is 12.0. The number of ether oxygens (including phenoxy) is 1. The highest BCUT2D eigenvalue weighted by molar-refractivity contribution is 6.42. The molecule has 0 aliphatic heterocycles. The Labute approximate surface area is 142 Å². The van der Waals surface area contributed by atoms with Crippen LogP contribution in [0.5, 0.6) is 0 Å². The minimum Gasteiger partial charge on any atom is -0.480 e. The Hall–Kier alpha value is -1.66. The van der Waals surface area contributed by atoms with Crippen LogP contribution in [0.3, 0.4) is 0 Å². The third kappa shape index (κ3) is 2.93. The first-order chi connectivity index (χ1) is 10.9. The molecule has 2 rings (SSSR count). The van der Waals surface area contributed by atoms with Crippen molar-refractivity contribution in [1.29, 1.82) is 0 Å². The maximum absolute atomic E-state index is 13.6. The minimum atomic E-state index is -1.62. The number of nitrogens with two attached hydrogens (primary N) is 1. The molecule has 0 amide bonds. The topological polar surface area (TPSA) is 72.5 Å². The SMILES string of the molecule is COC(c1ccccc1)(c1ccc(F)c(Cl)c1Cl)[C@@H](N)C(=O)O. The zero-order valence-electron chi connectivity index (χ0n) is 12.1. The van der Waals surface area contributed by atoms with E-state index in [-0.39, 0.29) is 15.6 Å². The van der Waals surface area contributed by atoms with Crippen LogP contribution in [-0.4, -0.2) is 24.2 Å². The Kier molecular flexibility index (Phi) is 5.26. The number of methoxy groups -OCH3 is 1. The van der Waals surface area contributed by atoms with Gasteiger partial charge >= 0.3 is 5.97 Å². The second kappa shape index (κ2) is 6.84. The molecule has 1 unspecified atom stereocenters. The lowest BCUT2D eigenvalue weighted by molar-refractivity contribution is -0.145. The van der Waals surface area contributed by atoms with Crippen molar-refractivity contribution in [1.82, 2.24) is 0 Å². The molecule has 0 aliphatic rings. The molecular weight excluding hydrogens is 344 g/mol. The van der Waals surface area contributed by atoms with Crippen LogP contribution in [0.4, 0.5) is 4.39 Å². The van der Waals surface area contributed by atoms with Crippen molar-refractivity contribution < 1.29 is 19.0 Å². The molecular formula is C16H14Cl2FNO3. The number of rotatable bonds is 5. The highest BCUT2D eigenvalue weighted by atomic mass is 35.5. The van der Waals surface area contributed by atoms with Crippen molar-refractivity contribution >= 4 is 29.2 Å². The highest BCUT2D eigenvalue weighted by Gasteiger charge is 2.46. The normalized spacial score (nSPS) is 15.0. The van der Waals surface area contributed by atoms with Gasteiger partial charge in [-0.25, -0.2) is 4.39 Å². The first-order valence-corrected chi connectivity index (χ1v) is 7.35. The fourth-order valence-electron chi connectivity index (χ4n) is 2.53. The molecule has 0 aliphatic carbocycles. The summed E-state index contributed by atoms with van der Waals surface area (Å²) in [7, 11) is 1.31. The molecule has 4 nitrogen and oxygen atoms in total. The van der Waals surface area contributed by atoms with Crippen LogP contribution >= 0.6 is 23.2 Å². The number of carbonyl (C=O) groups is 1. The number of hydrogen-bond acceptors (Lipinski definition) is 3. The molecule has 2 aromatic rings. The maximum Gasteiger partial charge on any atom is 0.324 e. The lowest BCUT2D eigenvalue weighted by Gasteiger charge is -2.37. The maximum atomic E-state index is 13.6. The first-order valence-electron chi connectivity index (χ1n) is 6.59. The van der Waals surface area contributed by atoms with Crippen molar-refractivity contribution in [2.45, 2.75) is 11.6 Å². The van der Waals surface area contributed by atoms with Gasteiger partial charge < -0.3 is 15.6 Å². The first kappa shape index (κ1) is 17.7. The molecule has 7 heteroatoms. The Bertz CT molecular complexity index is 727. The number of halogens is 3. The average Bonchev–Trinajstić information content (AvgIpc) is 2.56. The number of aliphatic carboxylic acids is 1. The van der Waals surface area contributed by atoms with Crippen molar-refractivity contribution in [2.24, 2.45) is 5.73 Å². The lowest BCUT2D eigenvalue weighted by atomic mass is 9.80. The molecule has 2 atom stereocenters. The van der Waals surface area contributed by atoms with Crippen LogP contribution in [0.1, 0.15) is 11.1 Å². The second-order valence-electron chi connectivity index (χ2n) is 4.84. The minimum absolute atomic E-state index is 0.144. The third-order valence-electron chi connectivity index (χ3n) is 3.66. The molecule has 0 radical (unpaired) electrons. The van der Waals surface area contributed by atoms with Crippen molar-refractivity contribution in [3.8, 4) is 0 Å². The van der Waals surface area contributed by atoms with Gasteiger partial charge in [-0.05, 0) is 11.6 Å². The van der Waals surface area contributed by atoms with Gasteiger partial charge in [0.2, 0.25) is 0 Å². The second-order valence-corrected chi connectivity index (χ2v) is 5.60. The van der Waals surface area contributed by atoms with E-state index in [9.17, 15) is 14.3 Å². The molecule has 122 valence electrons. The summed E-state index contributed by atoms with van der Waals surface area (Å²) < 4.78 is 19.1. The van der Waals surface area contributed by atoms with E-state index in [1.807, 2.05) is 0 Å². The molecule has 3 N–H and O–H groups in total. The highest BCUT2D eigenvalue weighted by Crippen LogP contribution is 2.42. The predicted molar refractivity (Wildman–Crippen MR) is 86.3 cm³/mol. The molecule has 0 aromatic heterocycles. The molecule has 2 aromatic carbocycles. The molecule has 0 bridgehead atoms. The van der Waals surface area contributed by atoms with E-state index in [1.54, 1.807) is 30.3 Å². The molecule has 0 spiro atoms. The molecule has 0 fully saturated rings. The summed E-state index contributed by atoms with van der Waals surface area (Å²) in [4.78, 5) is 11.6. The molecule has 0 heterocycles. The molecule has 0 saturated heterocycles. The van der Waals surface area contributed by atoms with Gasteiger partial charge in [0.05, 0.1) is 10.0 Å². The summed E-state index contributed by atoms with van der Waals surface area (Å²) in [6.45, 7) is 0. The van der Waals surface area contributed by atoms with Gasteiger partial charge in [-0.1, -0.05) is 59.6 Å². The van der Waals surface area contributed by atoms with Crippen LogP contribution < -0.4 is 5.73 Å². The van der Waals surface area contributed by atoms with Crippen LogP contribution in [-0.2, 0) is 15.1 Å². The lowest BCUT2D eigenvalue weighted by Crippen LogP contribution is -2.52. The van der Waals surface area contributed by atoms with Crippen LogP contribution in [0.15, 0.2) is 42.5 Å². The quantitative estimate of drug-likeness (QED) is 0.804. The summed E-state index contributed by atoms with van der Waals surface area (Å²) in [6, 6.07) is 9.40. The van der Waals surface area contributed by atoms with Crippen molar-refractivity contribution in [3.05, 3.63) is 69.5 Å². The number of benzene rings is 2. The van der Waals surface area contributed by atoms with E-state index < -0.39 is 23.4 Å². The monoisotopic (exact) mass is 357 g/mol. The van der Waals surface area contributed by atoms with E-state index in [0.29, 0.717) is 5.56 Å². The Morgan fingerprint density at radius 3 is 2.35 bits per heavy atom. The summed E-state index contributed by atoms with van der Waals surface area (Å²) in [5.74, 6) is -2.02. The Balaban J connectivity index is 2.83. The zero-order chi connectivity index (χ0) is 17.2. The standard InChI is InChI=1S/C16H14Cl2FNO3/c1-23-16(14(20)15(21)22,9-5-3-2-4-6-9)10-7-8-11(19)13(18)12(10)17/h2-8,14H,20H2,1H3,(H,21,22)/t14-,16?/m0/s1. The number of carboxylic acids is 1. The van der Waals surface area contributed by atoms with Crippen molar-refractivity contribution in [2.75, 3.05) is 7.11 Å². The summed E-state index contributed by atoms with van der Waals surface area (Å²) in [5, 5.41) is 8.97. The van der Waals surface area contributed by atoms with Crippen LogP contribution in [0, 0.1) is 5.82 Å².